The van der Waals surface area contributed by atoms with Gasteiger partial charge in [-0.3, -0.25) is 14.4 Å². The fourth-order valence-corrected chi connectivity index (χ4v) is 4.43. The maximum absolute atomic E-state index is 12.7. The maximum Gasteiger partial charge on any atom is 0.246 e. The SMILES string of the molecule is Cc1nn(C)c(C)c1S(=O)(=O)N1CCN(CC(N)=O)CC1. The molecular formula is C12H21N5O3S. The molecule has 1 aliphatic heterocycles. The monoisotopic (exact) mass is 315 g/mol. The summed E-state index contributed by atoms with van der Waals surface area (Å²) in [6.45, 7) is 5.31. The number of primary amides is 1. The lowest BCUT2D eigenvalue weighted by Crippen LogP contribution is -2.50. The van der Waals surface area contributed by atoms with Gasteiger partial charge in [0.05, 0.1) is 17.9 Å². The van der Waals surface area contributed by atoms with E-state index < -0.39 is 15.9 Å². The number of carbonyl (C=O) groups excluding carboxylic acids is 1. The smallest absolute Gasteiger partial charge is 0.246 e. The molecule has 0 unspecified atom stereocenters. The van der Waals surface area contributed by atoms with Crippen LogP contribution in [0.15, 0.2) is 4.90 Å². The van der Waals surface area contributed by atoms with Crippen molar-refractivity contribution in [2.45, 2.75) is 18.7 Å². The van der Waals surface area contributed by atoms with Crippen molar-refractivity contribution >= 4 is 15.9 Å². The number of rotatable bonds is 4. The third-order valence-corrected chi connectivity index (χ3v) is 5.90. The van der Waals surface area contributed by atoms with Crippen LogP contribution in [0.5, 0.6) is 0 Å². The minimum Gasteiger partial charge on any atom is -0.369 e. The molecule has 0 aliphatic carbocycles. The summed E-state index contributed by atoms with van der Waals surface area (Å²) in [6, 6.07) is 0. The zero-order chi connectivity index (χ0) is 15.8. The summed E-state index contributed by atoms with van der Waals surface area (Å²) in [5, 5.41) is 4.17. The number of sulfonamides is 1. The van der Waals surface area contributed by atoms with Crippen LogP contribution in [0.4, 0.5) is 0 Å². The number of nitrogens with two attached hydrogens (primary N) is 1. The Bertz CT molecular complexity index is 644. The van der Waals surface area contributed by atoms with Crippen LogP contribution in [0, 0.1) is 13.8 Å². The van der Waals surface area contributed by atoms with Crippen molar-refractivity contribution in [2.75, 3.05) is 32.7 Å². The maximum atomic E-state index is 12.7. The first kappa shape index (κ1) is 15.9. The van der Waals surface area contributed by atoms with E-state index in [0.29, 0.717) is 37.6 Å². The number of amides is 1. The molecule has 0 bridgehead atoms. The molecule has 1 amide bonds. The van der Waals surface area contributed by atoms with Crippen molar-refractivity contribution in [1.29, 1.82) is 0 Å². The highest BCUT2D eigenvalue weighted by atomic mass is 32.2. The average molecular weight is 315 g/mol. The summed E-state index contributed by atoms with van der Waals surface area (Å²) in [6.07, 6.45) is 0. The van der Waals surface area contributed by atoms with Crippen LogP contribution in [0.25, 0.3) is 0 Å². The third kappa shape index (κ3) is 3.09. The fourth-order valence-electron chi connectivity index (χ4n) is 2.60. The predicted molar refractivity (Wildman–Crippen MR) is 77.1 cm³/mol. The summed E-state index contributed by atoms with van der Waals surface area (Å²) in [7, 11) is -1.82. The van der Waals surface area contributed by atoms with Crippen LogP contribution >= 0.6 is 0 Å². The number of piperazine rings is 1. The molecule has 0 atom stereocenters. The molecule has 0 spiro atoms. The summed E-state index contributed by atoms with van der Waals surface area (Å²) < 4.78 is 28.5. The molecule has 8 nitrogen and oxygen atoms in total. The van der Waals surface area contributed by atoms with Crippen LogP contribution in [-0.2, 0) is 21.9 Å². The zero-order valence-electron chi connectivity index (χ0n) is 12.5. The van der Waals surface area contributed by atoms with Gasteiger partial charge in [-0.2, -0.15) is 9.40 Å². The lowest BCUT2D eigenvalue weighted by molar-refractivity contribution is -0.119. The van der Waals surface area contributed by atoms with E-state index in [-0.39, 0.29) is 11.4 Å². The molecule has 1 aromatic heterocycles. The van der Waals surface area contributed by atoms with E-state index >= 15 is 0 Å². The molecule has 1 fully saturated rings. The Morgan fingerprint density at radius 1 is 1.24 bits per heavy atom. The van der Waals surface area contributed by atoms with E-state index in [2.05, 4.69) is 5.10 Å². The van der Waals surface area contributed by atoms with Gasteiger partial charge >= 0.3 is 0 Å². The van der Waals surface area contributed by atoms with Gasteiger partial charge < -0.3 is 5.73 Å². The summed E-state index contributed by atoms with van der Waals surface area (Å²) in [4.78, 5) is 13.0. The van der Waals surface area contributed by atoms with Gasteiger partial charge in [-0.05, 0) is 13.8 Å². The number of aryl methyl sites for hydroxylation is 2. The lowest BCUT2D eigenvalue weighted by atomic mass is 10.3. The minimum atomic E-state index is -3.55. The standard InChI is InChI=1S/C12H21N5O3S/c1-9-12(10(2)15(3)14-9)21(19,20)17-6-4-16(5-7-17)8-11(13)18/h4-8H2,1-3H3,(H2,13,18). The molecule has 1 aliphatic rings. The van der Waals surface area contributed by atoms with Crippen LogP contribution in [0.3, 0.4) is 0 Å². The Morgan fingerprint density at radius 2 is 1.81 bits per heavy atom. The Labute approximate surface area is 124 Å². The van der Waals surface area contributed by atoms with E-state index in [9.17, 15) is 13.2 Å². The van der Waals surface area contributed by atoms with Gasteiger partial charge in [-0.15, -0.1) is 0 Å². The van der Waals surface area contributed by atoms with E-state index in [0.717, 1.165) is 0 Å². The van der Waals surface area contributed by atoms with E-state index in [1.165, 1.54) is 4.31 Å². The van der Waals surface area contributed by atoms with Crippen LogP contribution in [0.2, 0.25) is 0 Å². The molecule has 2 N–H and O–H groups in total. The highest BCUT2D eigenvalue weighted by Gasteiger charge is 2.32. The first-order chi connectivity index (χ1) is 9.73. The number of hydrogen-bond donors (Lipinski definition) is 1. The molecule has 9 heteroatoms. The minimum absolute atomic E-state index is 0.166. The van der Waals surface area contributed by atoms with Gasteiger partial charge in [-0.25, -0.2) is 8.42 Å². The van der Waals surface area contributed by atoms with Crippen molar-refractivity contribution in [3.63, 3.8) is 0 Å². The summed E-state index contributed by atoms with van der Waals surface area (Å²) in [5.74, 6) is -0.398. The molecule has 0 saturated carbocycles. The van der Waals surface area contributed by atoms with Crippen LogP contribution in [0.1, 0.15) is 11.4 Å². The average Bonchev–Trinajstić information content (AvgIpc) is 2.63. The number of hydrogen-bond acceptors (Lipinski definition) is 5. The predicted octanol–water partition coefficient (Wildman–Crippen LogP) is -1.17. The van der Waals surface area contributed by atoms with Gasteiger partial charge in [0.2, 0.25) is 15.9 Å². The Kier molecular flexibility index (Phi) is 4.35. The Morgan fingerprint density at radius 3 is 2.24 bits per heavy atom. The van der Waals surface area contributed by atoms with Gasteiger partial charge in [0.1, 0.15) is 4.90 Å². The molecule has 118 valence electrons. The lowest BCUT2D eigenvalue weighted by Gasteiger charge is -2.33. The molecule has 0 radical (unpaired) electrons. The quantitative estimate of drug-likeness (QED) is 0.754. The highest BCUT2D eigenvalue weighted by Crippen LogP contribution is 2.23. The van der Waals surface area contributed by atoms with E-state index in [1.807, 2.05) is 4.90 Å². The van der Waals surface area contributed by atoms with Crippen LogP contribution in [-0.4, -0.2) is 66.0 Å². The molecule has 0 aromatic carbocycles. The van der Waals surface area contributed by atoms with E-state index in [1.54, 1.807) is 25.6 Å². The fraction of sp³-hybridized carbons (Fsp3) is 0.667. The number of aromatic nitrogens is 2. The zero-order valence-corrected chi connectivity index (χ0v) is 13.4. The van der Waals surface area contributed by atoms with Gasteiger partial charge in [0, 0.05) is 33.2 Å². The third-order valence-electron chi connectivity index (χ3n) is 3.75. The summed E-state index contributed by atoms with van der Waals surface area (Å²) >= 11 is 0. The highest BCUT2D eigenvalue weighted by molar-refractivity contribution is 7.89. The first-order valence-corrected chi connectivity index (χ1v) is 8.18. The number of nitrogens with zero attached hydrogens (tertiary/aromatic N) is 4. The summed E-state index contributed by atoms with van der Waals surface area (Å²) in [5.41, 5.74) is 6.29. The van der Waals surface area contributed by atoms with Gasteiger partial charge in [-0.1, -0.05) is 0 Å². The second kappa shape index (κ2) is 5.74. The largest absolute Gasteiger partial charge is 0.369 e. The second-order valence-electron chi connectivity index (χ2n) is 5.27. The molecule has 21 heavy (non-hydrogen) atoms. The van der Waals surface area contributed by atoms with Crippen molar-refractivity contribution < 1.29 is 13.2 Å². The van der Waals surface area contributed by atoms with Gasteiger partial charge in [0.15, 0.2) is 0 Å². The van der Waals surface area contributed by atoms with Gasteiger partial charge in [0.25, 0.3) is 0 Å². The first-order valence-electron chi connectivity index (χ1n) is 6.74. The van der Waals surface area contributed by atoms with Crippen molar-refractivity contribution in [2.24, 2.45) is 12.8 Å². The molecule has 2 rings (SSSR count). The second-order valence-corrected chi connectivity index (χ2v) is 7.14. The Hall–Kier alpha value is -1.45. The van der Waals surface area contributed by atoms with Crippen molar-refractivity contribution in [3.8, 4) is 0 Å². The molecule has 1 aromatic rings. The molecule has 1 saturated heterocycles. The van der Waals surface area contributed by atoms with Crippen LogP contribution < -0.4 is 5.73 Å². The Balaban J connectivity index is 2.17. The topological polar surface area (TPSA) is 102 Å². The normalized spacial score (nSPS) is 18.0. The number of carbonyl (C=O) groups is 1. The molecule has 2 heterocycles. The van der Waals surface area contributed by atoms with Crippen molar-refractivity contribution in [3.05, 3.63) is 11.4 Å². The molecular weight excluding hydrogens is 294 g/mol. The van der Waals surface area contributed by atoms with Crippen molar-refractivity contribution in [1.82, 2.24) is 19.0 Å². The van der Waals surface area contributed by atoms with E-state index in [4.69, 9.17) is 5.73 Å².